The Hall–Kier alpha value is -2.40. The van der Waals surface area contributed by atoms with Crippen LogP contribution in [0, 0.1) is 5.92 Å². The van der Waals surface area contributed by atoms with Gasteiger partial charge in [0.1, 0.15) is 0 Å². The molecule has 1 aromatic heterocycles. The number of piperidine rings is 1. The van der Waals surface area contributed by atoms with E-state index in [1.165, 1.54) is 12.8 Å². The number of rotatable bonds is 6. The van der Waals surface area contributed by atoms with Crippen molar-refractivity contribution >= 4 is 11.6 Å². The molecule has 2 heterocycles. The maximum Gasteiger partial charge on any atom is 0.253 e. The summed E-state index contributed by atoms with van der Waals surface area (Å²) in [5.74, 6) is 0.522. The van der Waals surface area contributed by atoms with Crippen molar-refractivity contribution in [3.8, 4) is 0 Å². The molecule has 1 aliphatic heterocycles. The van der Waals surface area contributed by atoms with Gasteiger partial charge < -0.3 is 15.5 Å². The zero-order valence-electron chi connectivity index (χ0n) is 14.7. The summed E-state index contributed by atoms with van der Waals surface area (Å²) in [5, 5.41) is 6.43. The van der Waals surface area contributed by atoms with Crippen LogP contribution in [0.15, 0.2) is 48.7 Å². The maximum atomic E-state index is 12.6. The van der Waals surface area contributed by atoms with Gasteiger partial charge in [-0.25, -0.2) is 0 Å². The molecule has 2 N–H and O–H groups in total. The molecule has 1 atom stereocenters. The van der Waals surface area contributed by atoms with Crippen LogP contribution in [0.3, 0.4) is 0 Å². The molecule has 1 amide bonds. The summed E-state index contributed by atoms with van der Waals surface area (Å²) in [7, 11) is 2.14. The molecule has 0 radical (unpaired) electrons. The fourth-order valence-electron chi connectivity index (χ4n) is 3.30. The Morgan fingerprint density at radius 1 is 1.24 bits per heavy atom. The second-order valence-corrected chi connectivity index (χ2v) is 6.70. The van der Waals surface area contributed by atoms with Gasteiger partial charge in [-0.3, -0.25) is 9.78 Å². The third-order valence-electron chi connectivity index (χ3n) is 4.63. The molecule has 1 fully saturated rings. The molecular formula is C20H26N4O. The number of carbonyl (C=O) groups excluding carboxylic acids is 1. The number of hydrogen-bond acceptors (Lipinski definition) is 4. The first-order valence-corrected chi connectivity index (χ1v) is 8.92. The van der Waals surface area contributed by atoms with Crippen LogP contribution in [-0.2, 0) is 6.54 Å². The third kappa shape index (κ3) is 5.03. The summed E-state index contributed by atoms with van der Waals surface area (Å²) >= 11 is 0. The summed E-state index contributed by atoms with van der Waals surface area (Å²) in [6, 6.07) is 13.5. The molecule has 1 aromatic carbocycles. The number of likely N-dealkylation sites (tertiary alicyclic amines) is 1. The van der Waals surface area contributed by atoms with Gasteiger partial charge in [0.2, 0.25) is 0 Å². The first-order valence-electron chi connectivity index (χ1n) is 8.92. The second kappa shape index (κ2) is 8.62. The van der Waals surface area contributed by atoms with E-state index in [-0.39, 0.29) is 5.91 Å². The van der Waals surface area contributed by atoms with Crippen molar-refractivity contribution < 1.29 is 4.79 Å². The molecule has 2 aromatic rings. The quantitative estimate of drug-likeness (QED) is 0.850. The molecular weight excluding hydrogens is 312 g/mol. The fraction of sp³-hybridized carbons (Fsp3) is 0.400. The lowest BCUT2D eigenvalue weighted by Gasteiger charge is -2.29. The summed E-state index contributed by atoms with van der Waals surface area (Å²) in [5.41, 5.74) is 2.47. The highest BCUT2D eigenvalue weighted by Crippen LogP contribution is 2.17. The van der Waals surface area contributed by atoms with E-state index < -0.39 is 0 Å². The fourth-order valence-corrected chi connectivity index (χ4v) is 3.30. The molecule has 3 rings (SSSR count). The smallest absolute Gasteiger partial charge is 0.253 e. The van der Waals surface area contributed by atoms with Crippen LogP contribution in [-0.4, -0.2) is 42.5 Å². The maximum absolute atomic E-state index is 12.6. The number of nitrogens with one attached hydrogen (secondary N) is 2. The number of benzene rings is 1. The zero-order chi connectivity index (χ0) is 17.5. The predicted molar refractivity (Wildman–Crippen MR) is 101 cm³/mol. The number of amides is 1. The first kappa shape index (κ1) is 17.4. The highest BCUT2D eigenvalue weighted by Gasteiger charge is 2.18. The van der Waals surface area contributed by atoms with Gasteiger partial charge in [0.05, 0.1) is 17.8 Å². The monoisotopic (exact) mass is 338 g/mol. The van der Waals surface area contributed by atoms with Crippen molar-refractivity contribution in [1.82, 2.24) is 15.2 Å². The largest absolute Gasteiger partial charge is 0.379 e. The van der Waals surface area contributed by atoms with Gasteiger partial charge in [-0.05, 0) is 56.6 Å². The van der Waals surface area contributed by atoms with Gasteiger partial charge in [-0.1, -0.05) is 18.2 Å². The van der Waals surface area contributed by atoms with Crippen molar-refractivity contribution in [2.45, 2.75) is 19.4 Å². The third-order valence-corrected chi connectivity index (χ3v) is 4.63. The Labute approximate surface area is 149 Å². The van der Waals surface area contributed by atoms with E-state index in [1.807, 2.05) is 42.5 Å². The Bertz CT molecular complexity index is 689. The van der Waals surface area contributed by atoms with Crippen molar-refractivity contribution in [2.24, 2.45) is 5.92 Å². The summed E-state index contributed by atoms with van der Waals surface area (Å²) in [6.45, 7) is 3.54. The van der Waals surface area contributed by atoms with Gasteiger partial charge in [-0.15, -0.1) is 0 Å². The van der Waals surface area contributed by atoms with Crippen LogP contribution in [0.4, 0.5) is 5.69 Å². The molecule has 0 unspecified atom stereocenters. The molecule has 1 saturated heterocycles. The van der Waals surface area contributed by atoms with Crippen LogP contribution >= 0.6 is 0 Å². The molecule has 132 valence electrons. The minimum absolute atomic E-state index is 0.0163. The number of nitrogens with zero attached hydrogens (tertiary/aromatic N) is 2. The van der Waals surface area contributed by atoms with Crippen molar-refractivity contribution in [2.75, 3.05) is 32.0 Å². The van der Waals surface area contributed by atoms with E-state index in [1.54, 1.807) is 6.20 Å². The van der Waals surface area contributed by atoms with E-state index in [0.717, 1.165) is 31.0 Å². The van der Waals surface area contributed by atoms with Crippen molar-refractivity contribution in [1.29, 1.82) is 0 Å². The highest BCUT2D eigenvalue weighted by atomic mass is 16.1. The van der Waals surface area contributed by atoms with Crippen LogP contribution in [0.5, 0.6) is 0 Å². The Morgan fingerprint density at radius 2 is 2.08 bits per heavy atom. The topological polar surface area (TPSA) is 57.3 Å². The minimum atomic E-state index is -0.0163. The van der Waals surface area contributed by atoms with Crippen molar-refractivity contribution in [3.63, 3.8) is 0 Å². The van der Waals surface area contributed by atoms with Gasteiger partial charge in [0, 0.05) is 25.0 Å². The molecule has 0 bridgehead atoms. The number of anilines is 1. The van der Waals surface area contributed by atoms with E-state index in [0.29, 0.717) is 18.0 Å². The number of para-hydroxylation sites is 1. The Kier molecular flexibility index (Phi) is 6.01. The molecule has 5 nitrogen and oxygen atoms in total. The van der Waals surface area contributed by atoms with Crippen molar-refractivity contribution in [3.05, 3.63) is 59.9 Å². The van der Waals surface area contributed by atoms with E-state index in [4.69, 9.17) is 0 Å². The summed E-state index contributed by atoms with van der Waals surface area (Å²) in [4.78, 5) is 19.3. The predicted octanol–water partition coefficient (Wildman–Crippen LogP) is 2.77. The number of pyridine rings is 1. The summed E-state index contributed by atoms with van der Waals surface area (Å²) < 4.78 is 0. The standard InChI is InChI=1S/C20H26N4O/c1-24-12-6-7-16(15-24)13-23-20(25)18-9-2-3-10-19(18)22-14-17-8-4-5-11-21-17/h2-5,8-11,16,22H,6-7,12-15H2,1H3,(H,23,25)/t16-/m0/s1. The second-order valence-electron chi connectivity index (χ2n) is 6.70. The van der Waals surface area contributed by atoms with Gasteiger partial charge in [0.25, 0.3) is 5.91 Å². The van der Waals surface area contributed by atoms with Gasteiger partial charge in [-0.2, -0.15) is 0 Å². The molecule has 25 heavy (non-hydrogen) atoms. The van der Waals surface area contributed by atoms with E-state index >= 15 is 0 Å². The number of aromatic nitrogens is 1. The summed E-state index contributed by atoms with van der Waals surface area (Å²) in [6.07, 6.45) is 4.17. The lowest BCUT2D eigenvalue weighted by atomic mass is 9.98. The lowest BCUT2D eigenvalue weighted by Crippen LogP contribution is -2.39. The Balaban J connectivity index is 1.58. The molecule has 0 aliphatic carbocycles. The highest BCUT2D eigenvalue weighted by molar-refractivity contribution is 5.99. The average molecular weight is 338 g/mol. The Morgan fingerprint density at radius 3 is 2.88 bits per heavy atom. The number of carbonyl (C=O) groups is 1. The molecule has 5 heteroatoms. The minimum Gasteiger partial charge on any atom is -0.379 e. The molecule has 0 saturated carbocycles. The average Bonchev–Trinajstić information content (AvgIpc) is 2.65. The number of hydrogen-bond donors (Lipinski definition) is 2. The van der Waals surface area contributed by atoms with E-state index in [9.17, 15) is 4.79 Å². The van der Waals surface area contributed by atoms with Crippen LogP contribution in [0.2, 0.25) is 0 Å². The first-order chi connectivity index (χ1) is 12.2. The normalized spacial score (nSPS) is 17.9. The van der Waals surface area contributed by atoms with Crippen LogP contribution < -0.4 is 10.6 Å². The van der Waals surface area contributed by atoms with Crippen LogP contribution in [0.1, 0.15) is 28.9 Å². The SMILES string of the molecule is CN1CCC[C@@H](CNC(=O)c2ccccc2NCc2ccccn2)C1. The zero-order valence-corrected chi connectivity index (χ0v) is 14.7. The van der Waals surface area contributed by atoms with Gasteiger partial charge in [0.15, 0.2) is 0 Å². The van der Waals surface area contributed by atoms with Gasteiger partial charge >= 0.3 is 0 Å². The lowest BCUT2D eigenvalue weighted by molar-refractivity contribution is 0.0937. The molecule has 0 spiro atoms. The van der Waals surface area contributed by atoms with Crippen LogP contribution in [0.25, 0.3) is 0 Å². The van der Waals surface area contributed by atoms with E-state index in [2.05, 4.69) is 27.6 Å². The molecule has 1 aliphatic rings.